The molecule has 1 unspecified atom stereocenters. The summed E-state index contributed by atoms with van der Waals surface area (Å²) in [6.07, 6.45) is 1.96. The van der Waals surface area contributed by atoms with Crippen LogP contribution >= 0.6 is 0 Å². The predicted molar refractivity (Wildman–Crippen MR) is 77.6 cm³/mol. The van der Waals surface area contributed by atoms with Crippen LogP contribution in [0, 0.1) is 6.92 Å². The number of hydrogen-bond donors (Lipinski definition) is 2. The Labute approximate surface area is 114 Å². The number of hydrogen-bond acceptors (Lipinski definition) is 3. The Morgan fingerprint density at radius 3 is 2.58 bits per heavy atom. The molecule has 2 rings (SSSR count). The number of nitrogens with zero attached hydrogens (tertiary/aromatic N) is 1. The molecule has 2 aromatic rings. The summed E-state index contributed by atoms with van der Waals surface area (Å²) in [6.45, 7) is 8.24. The molecule has 0 bridgehead atoms. The summed E-state index contributed by atoms with van der Waals surface area (Å²) in [5.41, 5.74) is 3.35. The second kappa shape index (κ2) is 5.78. The first-order valence-electron chi connectivity index (χ1n) is 6.59. The van der Waals surface area contributed by atoms with Gasteiger partial charge < -0.3 is 10.1 Å². The van der Waals surface area contributed by atoms with Gasteiger partial charge in [-0.2, -0.15) is 5.10 Å². The number of H-pyrrole nitrogens is 1. The highest BCUT2D eigenvalue weighted by molar-refractivity contribution is 5.54. The molecule has 1 aromatic carbocycles. The summed E-state index contributed by atoms with van der Waals surface area (Å²) in [6, 6.07) is 8.28. The Morgan fingerprint density at radius 1 is 1.21 bits per heavy atom. The molecule has 2 N–H and O–H groups in total. The molecule has 0 amide bonds. The minimum Gasteiger partial charge on any atom is -0.491 e. The third kappa shape index (κ3) is 3.50. The monoisotopic (exact) mass is 259 g/mol. The molecular weight excluding hydrogens is 238 g/mol. The topological polar surface area (TPSA) is 49.9 Å². The van der Waals surface area contributed by atoms with Crippen molar-refractivity contribution in [3.63, 3.8) is 0 Å². The number of ether oxygens (including phenoxy) is 1. The normalized spacial score (nSPS) is 12.5. The molecule has 0 saturated carbocycles. The molecule has 4 nitrogen and oxygen atoms in total. The molecule has 0 spiro atoms. The van der Waals surface area contributed by atoms with Gasteiger partial charge in [0.05, 0.1) is 17.8 Å². The Balaban J connectivity index is 2.09. The molecule has 1 aromatic heterocycles. The minimum absolute atomic E-state index is 0.193. The fourth-order valence-corrected chi connectivity index (χ4v) is 1.96. The summed E-state index contributed by atoms with van der Waals surface area (Å²) >= 11 is 0. The lowest BCUT2D eigenvalue weighted by molar-refractivity contribution is 0.242. The molecule has 0 aliphatic heterocycles. The molecule has 0 aliphatic carbocycles. The summed E-state index contributed by atoms with van der Waals surface area (Å²) in [5.74, 6) is 0.909. The van der Waals surface area contributed by atoms with Crippen LogP contribution in [0.4, 0.5) is 5.69 Å². The maximum atomic E-state index is 5.68. The second-order valence-electron chi connectivity index (χ2n) is 5.02. The van der Waals surface area contributed by atoms with Gasteiger partial charge in [0, 0.05) is 11.9 Å². The zero-order chi connectivity index (χ0) is 13.8. The molecule has 102 valence electrons. The van der Waals surface area contributed by atoms with Gasteiger partial charge in [-0.25, -0.2) is 0 Å². The van der Waals surface area contributed by atoms with Crippen LogP contribution in [0.5, 0.6) is 5.75 Å². The number of aryl methyl sites for hydroxylation is 1. The van der Waals surface area contributed by atoms with Crippen LogP contribution in [0.1, 0.15) is 38.1 Å². The highest BCUT2D eigenvalue weighted by Crippen LogP contribution is 2.25. The van der Waals surface area contributed by atoms with Crippen LogP contribution in [0.25, 0.3) is 0 Å². The van der Waals surface area contributed by atoms with E-state index in [0.29, 0.717) is 0 Å². The fraction of sp³-hybridized carbons (Fsp3) is 0.400. The van der Waals surface area contributed by atoms with E-state index in [9.17, 15) is 0 Å². The van der Waals surface area contributed by atoms with Crippen molar-refractivity contribution in [1.82, 2.24) is 10.2 Å². The van der Waals surface area contributed by atoms with Crippen LogP contribution in [0.15, 0.2) is 30.5 Å². The van der Waals surface area contributed by atoms with Crippen molar-refractivity contribution in [3.05, 3.63) is 41.7 Å². The Kier molecular flexibility index (Phi) is 4.10. The van der Waals surface area contributed by atoms with Gasteiger partial charge >= 0.3 is 0 Å². The summed E-state index contributed by atoms with van der Waals surface area (Å²) < 4.78 is 5.68. The van der Waals surface area contributed by atoms with Crippen molar-refractivity contribution < 1.29 is 4.74 Å². The fourth-order valence-electron chi connectivity index (χ4n) is 1.96. The molecule has 4 heteroatoms. The van der Waals surface area contributed by atoms with Crippen LogP contribution in [-0.2, 0) is 0 Å². The number of rotatable bonds is 5. The quantitative estimate of drug-likeness (QED) is 0.861. The Hall–Kier alpha value is -1.97. The maximum Gasteiger partial charge on any atom is 0.120 e. The molecular formula is C15H21N3O. The van der Waals surface area contributed by atoms with Gasteiger partial charge in [-0.15, -0.1) is 0 Å². The van der Waals surface area contributed by atoms with Crippen molar-refractivity contribution in [2.24, 2.45) is 0 Å². The van der Waals surface area contributed by atoms with Gasteiger partial charge in [-0.3, -0.25) is 5.10 Å². The van der Waals surface area contributed by atoms with Gasteiger partial charge in [0.1, 0.15) is 5.75 Å². The zero-order valence-electron chi connectivity index (χ0n) is 11.9. The molecule has 0 saturated heterocycles. The lowest BCUT2D eigenvalue weighted by Gasteiger charge is -2.17. The van der Waals surface area contributed by atoms with Crippen LogP contribution in [-0.4, -0.2) is 16.3 Å². The molecule has 1 heterocycles. The van der Waals surface area contributed by atoms with E-state index in [1.54, 1.807) is 6.20 Å². The van der Waals surface area contributed by atoms with Gasteiger partial charge in [0.2, 0.25) is 0 Å². The van der Waals surface area contributed by atoms with Crippen molar-refractivity contribution in [3.8, 4) is 5.75 Å². The number of aromatic nitrogens is 2. The third-order valence-electron chi connectivity index (χ3n) is 2.93. The van der Waals surface area contributed by atoms with E-state index in [0.717, 1.165) is 17.1 Å². The zero-order valence-corrected chi connectivity index (χ0v) is 11.9. The summed E-state index contributed by atoms with van der Waals surface area (Å²) in [7, 11) is 0. The first kappa shape index (κ1) is 13.5. The highest BCUT2D eigenvalue weighted by atomic mass is 16.5. The Morgan fingerprint density at radius 2 is 2.00 bits per heavy atom. The lowest BCUT2D eigenvalue weighted by atomic mass is 10.1. The lowest BCUT2D eigenvalue weighted by Crippen LogP contribution is -2.09. The molecule has 0 radical (unpaired) electrons. The summed E-state index contributed by atoms with van der Waals surface area (Å²) in [4.78, 5) is 0. The van der Waals surface area contributed by atoms with E-state index in [1.807, 2.05) is 26.0 Å². The van der Waals surface area contributed by atoms with Crippen molar-refractivity contribution in [2.75, 3.05) is 5.32 Å². The van der Waals surface area contributed by atoms with E-state index in [-0.39, 0.29) is 12.1 Å². The summed E-state index contributed by atoms with van der Waals surface area (Å²) in [5, 5.41) is 10.4. The average molecular weight is 259 g/mol. The van der Waals surface area contributed by atoms with E-state index in [1.165, 1.54) is 5.56 Å². The van der Waals surface area contributed by atoms with Crippen LogP contribution in [0.2, 0.25) is 0 Å². The molecule has 1 atom stereocenters. The van der Waals surface area contributed by atoms with E-state index in [2.05, 4.69) is 41.5 Å². The van der Waals surface area contributed by atoms with Gasteiger partial charge in [-0.05, 0) is 57.5 Å². The minimum atomic E-state index is 0.193. The largest absolute Gasteiger partial charge is 0.491 e. The number of benzene rings is 1. The number of nitrogens with one attached hydrogen (secondary N) is 2. The van der Waals surface area contributed by atoms with Gasteiger partial charge in [-0.1, -0.05) is 0 Å². The number of anilines is 1. The van der Waals surface area contributed by atoms with Gasteiger partial charge in [0.25, 0.3) is 0 Å². The molecule has 0 aliphatic rings. The Bertz CT molecular complexity index is 520. The van der Waals surface area contributed by atoms with Crippen LogP contribution in [0.3, 0.4) is 0 Å². The predicted octanol–water partition coefficient (Wildman–Crippen LogP) is 3.68. The molecule has 19 heavy (non-hydrogen) atoms. The van der Waals surface area contributed by atoms with Crippen molar-refractivity contribution in [1.29, 1.82) is 0 Å². The smallest absolute Gasteiger partial charge is 0.120 e. The van der Waals surface area contributed by atoms with E-state index < -0.39 is 0 Å². The highest BCUT2D eigenvalue weighted by Gasteiger charge is 2.08. The standard InChI is InChI=1S/C15H21N3O/c1-10(2)19-13-5-6-14(11(3)9-13)17-12(4)15-7-8-16-18-15/h5-10,12,17H,1-4H3,(H,16,18). The third-order valence-corrected chi connectivity index (χ3v) is 2.93. The van der Waals surface area contributed by atoms with E-state index in [4.69, 9.17) is 4.74 Å². The maximum absolute atomic E-state index is 5.68. The first-order valence-corrected chi connectivity index (χ1v) is 6.59. The van der Waals surface area contributed by atoms with Crippen molar-refractivity contribution >= 4 is 5.69 Å². The molecule has 0 fully saturated rings. The van der Waals surface area contributed by atoms with Crippen LogP contribution < -0.4 is 10.1 Å². The van der Waals surface area contributed by atoms with Crippen molar-refractivity contribution in [2.45, 2.75) is 39.8 Å². The number of aromatic amines is 1. The van der Waals surface area contributed by atoms with E-state index >= 15 is 0 Å². The first-order chi connectivity index (χ1) is 9.06. The second-order valence-corrected chi connectivity index (χ2v) is 5.02. The SMILES string of the molecule is Cc1cc(OC(C)C)ccc1NC(C)c1ccn[nH]1. The van der Waals surface area contributed by atoms with Gasteiger partial charge in [0.15, 0.2) is 0 Å². The average Bonchev–Trinajstić information content (AvgIpc) is 2.85.